The molecule has 0 bridgehead atoms. The first-order valence-electron chi connectivity index (χ1n) is 9.35. The summed E-state index contributed by atoms with van der Waals surface area (Å²) in [5.41, 5.74) is 3.64. The van der Waals surface area contributed by atoms with Gasteiger partial charge in [0.15, 0.2) is 0 Å². The van der Waals surface area contributed by atoms with E-state index in [1.54, 1.807) is 42.7 Å². The van der Waals surface area contributed by atoms with E-state index in [2.05, 4.69) is 10.0 Å². The van der Waals surface area contributed by atoms with Crippen LogP contribution in [-0.4, -0.2) is 14.3 Å². The quantitative estimate of drug-likeness (QED) is 0.472. The number of amides is 1. The number of benzene rings is 3. The number of aryl methyl sites for hydroxylation is 1. The summed E-state index contributed by atoms with van der Waals surface area (Å²) in [4.78, 5) is 12.5. The maximum absolute atomic E-state index is 12.5. The van der Waals surface area contributed by atoms with Crippen molar-refractivity contribution in [2.45, 2.75) is 18.2 Å². The van der Waals surface area contributed by atoms with E-state index in [1.807, 2.05) is 31.2 Å². The highest BCUT2D eigenvalue weighted by molar-refractivity contribution is 7.92. The number of carbonyl (C=O) groups is 1. The van der Waals surface area contributed by atoms with Crippen LogP contribution in [0.15, 0.2) is 88.4 Å². The van der Waals surface area contributed by atoms with Crippen LogP contribution >= 0.6 is 0 Å². The molecular weight excluding hydrogens is 400 g/mol. The Morgan fingerprint density at radius 2 is 1.67 bits per heavy atom. The molecule has 0 atom stereocenters. The topological polar surface area (TPSA) is 88.4 Å². The van der Waals surface area contributed by atoms with Gasteiger partial charge < -0.3 is 9.73 Å². The van der Waals surface area contributed by atoms with E-state index in [9.17, 15) is 13.2 Å². The zero-order valence-electron chi connectivity index (χ0n) is 16.3. The molecule has 7 heteroatoms. The summed E-state index contributed by atoms with van der Waals surface area (Å²) in [6, 6.07) is 20.5. The van der Waals surface area contributed by atoms with Gasteiger partial charge in [-0.25, -0.2) is 8.42 Å². The minimum atomic E-state index is -3.70. The Labute approximate surface area is 174 Å². The number of hydrogen-bond acceptors (Lipinski definition) is 4. The number of rotatable bonds is 6. The fraction of sp³-hybridized carbons (Fsp3) is 0.0870. The first-order valence-corrected chi connectivity index (χ1v) is 10.8. The molecular formula is C23H20N2O4S. The highest BCUT2D eigenvalue weighted by Crippen LogP contribution is 2.23. The van der Waals surface area contributed by atoms with Gasteiger partial charge in [0.25, 0.3) is 10.0 Å². The maximum Gasteiger partial charge on any atom is 0.261 e. The average Bonchev–Trinajstić information content (AvgIpc) is 3.10. The lowest BCUT2D eigenvalue weighted by atomic mass is 10.1. The number of carbonyl (C=O) groups excluding carboxylic acids is 1. The van der Waals surface area contributed by atoms with Gasteiger partial charge in [0.2, 0.25) is 5.91 Å². The van der Waals surface area contributed by atoms with Crippen LogP contribution in [0.5, 0.6) is 0 Å². The van der Waals surface area contributed by atoms with Crippen molar-refractivity contribution in [2.75, 3.05) is 10.0 Å². The Hall–Kier alpha value is -3.58. The van der Waals surface area contributed by atoms with Crippen LogP contribution in [-0.2, 0) is 21.2 Å². The lowest BCUT2D eigenvalue weighted by molar-refractivity contribution is -0.115. The molecule has 4 aromatic rings. The predicted molar refractivity (Wildman–Crippen MR) is 117 cm³/mol. The van der Waals surface area contributed by atoms with Gasteiger partial charge in [-0.2, -0.15) is 0 Å². The van der Waals surface area contributed by atoms with Gasteiger partial charge in [0.05, 0.1) is 17.6 Å². The molecule has 1 heterocycles. The van der Waals surface area contributed by atoms with Crippen molar-refractivity contribution in [3.8, 4) is 0 Å². The number of anilines is 2. The summed E-state index contributed by atoms with van der Waals surface area (Å²) in [7, 11) is -3.70. The second kappa shape index (κ2) is 8.04. The maximum atomic E-state index is 12.5. The molecule has 0 spiro atoms. The summed E-state index contributed by atoms with van der Waals surface area (Å²) in [6.07, 6.45) is 1.75. The van der Waals surface area contributed by atoms with Crippen molar-refractivity contribution in [3.63, 3.8) is 0 Å². The van der Waals surface area contributed by atoms with Gasteiger partial charge >= 0.3 is 0 Å². The SMILES string of the molecule is Cc1ccc2c(CC(=O)Nc3ccc(S(=O)(=O)Nc4ccccc4)cc3)coc2c1. The van der Waals surface area contributed by atoms with Crippen LogP contribution in [0.3, 0.4) is 0 Å². The third-order valence-corrected chi connectivity index (χ3v) is 6.03. The molecule has 0 aliphatic heterocycles. The minimum Gasteiger partial charge on any atom is -0.464 e. The van der Waals surface area contributed by atoms with E-state index < -0.39 is 10.0 Å². The fourth-order valence-electron chi connectivity index (χ4n) is 3.14. The molecule has 152 valence electrons. The summed E-state index contributed by atoms with van der Waals surface area (Å²) in [6.45, 7) is 1.98. The standard InChI is InChI=1S/C23H20N2O4S/c1-16-7-12-21-17(15-29-22(21)13-16)14-23(26)24-18-8-10-20(11-9-18)30(27,28)25-19-5-3-2-4-6-19/h2-13,15,25H,14H2,1H3,(H,24,26). The van der Waals surface area contributed by atoms with Crippen LogP contribution < -0.4 is 10.0 Å². The number of hydrogen-bond donors (Lipinski definition) is 2. The first kappa shape index (κ1) is 19.7. The number of furan rings is 1. The number of sulfonamides is 1. The molecule has 0 aliphatic rings. The monoisotopic (exact) mass is 420 g/mol. The third kappa shape index (κ3) is 4.36. The smallest absolute Gasteiger partial charge is 0.261 e. The van der Waals surface area contributed by atoms with Gasteiger partial charge in [-0.1, -0.05) is 30.3 Å². The second-order valence-corrected chi connectivity index (χ2v) is 8.66. The third-order valence-electron chi connectivity index (χ3n) is 4.64. The molecule has 2 N–H and O–H groups in total. The Morgan fingerprint density at radius 3 is 2.40 bits per heavy atom. The van der Waals surface area contributed by atoms with Gasteiger partial charge in [-0.3, -0.25) is 9.52 Å². The Balaban J connectivity index is 1.43. The van der Waals surface area contributed by atoms with Gasteiger partial charge in [0.1, 0.15) is 5.58 Å². The zero-order chi connectivity index (χ0) is 21.1. The summed E-state index contributed by atoms with van der Waals surface area (Å²) >= 11 is 0. The van der Waals surface area contributed by atoms with E-state index >= 15 is 0 Å². The van der Waals surface area contributed by atoms with Crippen LogP contribution in [0.25, 0.3) is 11.0 Å². The van der Waals surface area contributed by atoms with E-state index in [4.69, 9.17) is 4.42 Å². The van der Waals surface area contributed by atoms with Crippen molar-refractivity contribution in [1.29, 1.82) is 0 Å². The zero-order valence-corrected chi connectivity index (χ0v) is 17.1. The predicted octanol–water partition coefficient (Wildman–Crippen LogP) is 4.72. The molecule has 4 rings (SSSR count). The van der Waals surface area contributed by atoms with Crippen LogP contribution in [0.1, 0.15) is 11.1 Å². The van der Waals surface area contributed by atoms with Crippen LogP contribution in [0.2, 0.25) is 0 Å². The molecule has 0 saturated heterocycles. The largest absolute Gasteiger partial charge is 0.464 e. The summed E-state index contributed by atoms with van der Waals surface area (Å²) < 4.78 is 33.0. The molecule has 1 aromatic heterocycles. The van der Waals surface area contributed by atoms with Gasteiger partial charge in [0, 0.05) is 22.3 Å². The van der Waals surface area contributed by atoms with E-state index in [0.29, 0.717) is 11.4 Å². The number of fused-ring (bicyclic) bond motifs is 1. The molecule has 0 fully saturated rings. The molecule has 0 unspecified atom stereocenters. The molecule has 0 aliphatic carbocycles. The summed E-state index contributed by atoms with van der Waals surface area (Å²) in [5.74, 6) is -0.212. The van der Waals surface area contributed by atoms with Crippen molar-refractivity contribution in [2.24, 2.45) is 0 Å². The lowest BCUT2D eigenvalue weighted by Gasteiger charge is -2.09. The fourth-order valence-corrected chi connectivity index (χ4v) is 4.20. The molecule has 0 saturated carbocycles. The van der Waals surface area contributed by atoms with Crippen LogP contribution in [0.4, 0.5) is 11.4 Å². The molecule has 1 amide bonds. The van der Waals surface area contributed by atoms with Gasteiger partial charge in [-0.15, -0.1) is 0 Å². The first-order chi connectivity index (χ1) is 14.4. The highest BCUT2D eigenvalue weighted by Gasteiger charge is 2.15. The normalized spacial score (nSPS) is 11.4. The Morgan fingerprint density at radius 1 is 0.933 bits per heavy atom. The highest BCUT2D eigenvalue weighted by atomic mass is 32.2. The molecule has 0 radical (unpaired) electrons. The van der Waals surface area contributed by atoms with Crippen molar-refractivity contribution in [3.05, 3.63) is 90.2 Å². The summed E-state index contributed by atoms with van der Waals surface area (Å²) in [5, 5.41) is 3.70. The minimum absolute atomic E-state index is 0.112. The number of para-hydroxylation sites is 1. The van der Waals surface area contributed by atoms with E-state index in [0.717, 1.165) is 22.1 Å². The van der Waals surface area contributed by atoms with Crippen molar-refractivity contribution >= 4 is 38.3 Å². The van der Waals surface area contributed by atoms with E-state index in [1.165, 1.54) is 12.1 Å². The van der Waals surface area contributed by atoms with Gasteiger partial charge in [-0.05, 0) is 55.0 Å². The Bertz CT molecular complexity index is 1290. The van der Waals surface area contributed by atoms with Crippen molar-refractivity contribution in [1.82, 2.24) is 0 Å². The number of nitrogens with one attached hydrogen (secondary N) is 2. The molecule has 6 nitrogen and oxygen atoms in total. The van der Waals surface area contributed by atoms with Crippen molar-refractivity contribution < 1.29 is 17.6 Å². The molecule has 30 heavy (non-hydrogen) atoms. The van der Waals surface area contributed by atoms with Crippen LogP contribution in [0, 0.1) is 6.92 Å². The molecule has 3 aromatic carbocycles. The van der Waals surface area contributed by atoms with E-state index in [-0.39, 0.29) is 17.2 Å². The Kier molecular flexibility index (Phi) is 5.29. The second-order valence-electron chi connectivity index (χ2n) is 6.98. The lowest BCUT2D eigenvalue weighted by Crippen LogP contribution is -2.15. The average molecular weight is 420 g/mol.